The topological polar surface area (TPSA) is 42.7 Å². The van der Waals surface area contributed by atoms with Crippen molar-refractivity contribution < 1.29 is 0 Å². The zero-order chi connectivity index (χ0) is 13.2. The summed E-state index contributed by atoms with van der Waals surface area (Å²) < 4.78 is 1.71. The molecule has 0 radical (unpaired) electrons. The molecule has 96 valence electrons. The lowest BCUT2D eigenvalue weighted by Crippen LogP contribution is -2.09. The molecule has 1 N–H and O–H groups in total. The summed E-state index contributed by atoms with van der Waals surface area (Å²) >= 11 is 5.94. The normalized spacial score (nSPS) is 11.1. The van der Waals surface area contributed by atoms with Gasteiger partial charge in [-0.25, -0.2) is 9.67 Å². The fraction of sp³-hybridized carbons (Fsp3) is 0.143. The minimum absolute atomic E-state index is 0.602. The maximum atomic E-state index is 5.94. The van der Waals surface area contributed by atoms with Crippen LogP contribution in [0.4, 0.5) is 0 Å². The largest absolute Gasteiger partial charge is 0.314 e. The van der Waals surface area contributed by atoms with Crippen molar-refractivity contribution in [3.63, 3.8) is 0 Å². The summed E-state index contributed by atoms with van der Waals surface area (Å²) in [6.07, 6.45) is 3.38. The number of fused-ring (bicyclic) bond motifs is 1. The Morgan fingerprint density at radius 2 is 2.16 bits per heavy atom. The summed E-state index contributed by atoms with van der Waals surface area (Å²) in [5, 5.41) is 10.2. The Morgan fingerprint density at radius 1 is 1.32 bits per heavy atom. The van der Waals surface area contributed by atoms with Crippen LogP contribution >= 0.6 is 11.6 Å². The molecule has 0 atom stereocenters. The molecule has 0 amide bonds. The Morgan fingerprint density at radius 3 is 2.89 bits per heavy atom. The van der Waals surface area contributed by atoms with Crippen LogP contribution in [0, 0.1) is 0 Å². The zero-order valence-corrected chi connectivity index (χ0v) is 11.2. The molecule has 0 bridgehead atoms. The molecule has 0 aliphatic heterocycles. The number of benzene rings is 1. The van der Waals surface area contributed by atoms with Crippen LogP contribution in [0.2, 0.25) is 5.02 Å². The van der Waals surface area contributed by atoms with E-state index in [9.17, 15) is 0 Å². The van der Waals surface area contributed by atoms with Gasteiger partial charge in [0.05, 0.1) is 23.1 Å². The highest BCUT2D eigenvalue weighted by Crippen LogP contribution is 2.22. The third-order valence-electron chi connectivity index (χ3n) is 2.90. The van der Waals surface area contributed by atoms with E-state index in [1.165, 1.54) is 0 Å². The van der Waals surface area contributed by atoms with E-state index in [-0.39, 0.29) is 0 Å². The van der Waals surface area contributed by atoms with Crippen molar-refractivity contribution >= 4 is 22.4 Å². The van der Waals surface area contributed by atoms with Crippen LogP contribution in [-0.4, -0.2) is 21.8 Å². The molecule has 0 fully saturated rings. The maximum absolute atomic E-state index is 5.94. The molecule has 0 spiro atoms. The van der Waals surface area contributed by atoms with E-state index in [2.05, 4.69) is 27.5 Å². The van der Waals surface area contributed by atoms with Gasteiger partial charge in [0, 0.05) is 11.9 Å². The van der Waals surface area contributed by atoms with Gasteiger partial charge in [-0.15, -0.1) is 0 Å². The fourth-order valence-corrected chi connectivity index (χ4v) is 2.23. The van der Waals surface area contributed by atoms with Gasteiger partial charge < -0.3 is 5.32 Å². The average molecular weight is 273 g/mol. The summed E-state index contributed by atoms with van der Waals surface area (Å²) in [5.41, 5.74) is 0.975. The van der Waals surface area contributed by atoms with Crippen molar-refractivity contribution in [2.75, 3.05) is 7.05 Å². The van der Waals surface area contributed by atoms with Gasteiger partial charge in [-0.05, 0) is 18.5 Å². The number of nitrogens with zero attached hydrogens (tertiary/aromatic N) is 3. The monoisotopic (exact) mass is 272 g/mol. The first-order chi connectivity index (χ1) is 9.28. The van der Waals surface area contributed by atoms with Gasteiger partial charge in [0.1, 0.15) is 0 Å². The van der Waals surface area contributed by atoms with Crippen LogP contribution in [0.3, 0.4) is 0 Å². The Bertz CT molecular complexity index is 720. The van der Waals surface area contributed by atoms with Gasteiger partial charge >= 0.3 is 0 Å². The quantitative estimate of drug-likeness (QED) is 0.797. The van der Waals surface area contributed by atoms with E-state index in [1.807, 2.05) is 25.2 Å². The van der Waals surface area contributed by atoms with Gasteiger partial charge in [0.25, 0.3) is 0 Å². The fourth-order valence-electron chi connectivity index (χ4n) is 2.10. The molecule has 19 heavy (non-hydrogen) atoms. The second-order valence-corrected chi connectivity index (χ2v) is 4.73. The second kappa shape index (κ2) is 4.99. The number of nitrogens with one attached hydrogen (secondary N) is 1. The van der Waals surface area contributed by atoms with E-state index >= 15 is 0 Å². The lowest BCUT2D eigenvalue weighted by atomic mass is 10.1. The van der Waals surface area contributed by atoms with Crippen LogP contribution in [-0.2, 0) is 6.54 Å². The van der Waals surface area contributed by atoms with Crippen molar-refractivity contribution in [3.8, 4) is 5.82 Å². The third kappa shape index (κ3) is 2.32. The van der Waals surface area contributed by atoms with Crippen molar-refractivity contribution in [2.45, 2.75) is 6.54 Å². The molecule has 2 aromatic heterocycles. The number of hydrogen-bond acceptors (Lipinski definition) is 3. The standard InChI is InChI=1S/C14H13ClN4/c1-16-8-12-6-10-4-2-3-5-13(10)14(18-12)19-9-11(15)7-17-19/h2-7,9,16H,8H2,1H3. The van der Waals surface area contributed by atoms with Crippen LogP contribution in [0.5, 0.6) is 0 Å². The third-order valence-corrected chi connectivity index (χ3v) is 3.09. The molecule has 3 rings (SSSR count). The Kier molecular flexibility index (Phi) is 3.19. The van der Waals surface area contributed by atoms with Gasteiger partial charge in [-0.3, -0.25) is 0 Å². The smallest absolute Gasteiger partial charge is 0.161 e. The number of rotatable bonds is 3. The van der Waals surface area contributed by atoms with Crippen molar-refractivity contribution in [1.82, 2.24) is 20.1 Å². The summed E-state index contributed by atoms with van der Waals surface area (Å²) in [7, 11) is 1.90. The zero-order valence-electron chi connectivity index (χ0n) is 10.5. The molecule has 0 aliphatic carbocycles. The maximum Gasteiger partial charge on any atom is 0.161 e. The van der Waals surface area contributed by atoms with E-state index in [0.29, 0.717) is 11.6 Å². The van der Waals surface area contributed by atoms with Crippen LogP contribution in [0.1, 0.15) is 5.69 Å². The van der Waals surface area contributed by atoms with Crippen LogP contribution in [0.15, 0.2) is 42.7 Å². The molecule has 3 aromatic rings. The Labute approximate surface area is 116 Å². The lowest BCUT2D eigenvalue weighted by molar-refractivity contribution is 0.775. The molecule has 0 unspecified atom stereocenters. The molecule has 2 heterocycles. The minimum atomic E-state index is 0.602. The number of aromatic nitrogens is 3. The van der Waals surface area contributed by atoms with Crippen molar-refractivity contribution in [2.24, 2.45) is 0 Å². The van der Waals surface area contributed by atoms with E-state index in [1.54, 1.807) is 17.1 Å². The molecule has 1 aromatic carbocycles. The molecule has 4 nitrogen and oxygen atoms in total. The molecule has 0 saturated carbocycles. The minimum Gasteiger partial charge on any atom is -0.314 e. The summed E-state index contributed by atoms with van der Waals surface area (Å²) in [4.78, 5) is 4.65. The molecule has 0 aliphatic rings. The number of pyridine rings is 1. The van der Waals surface area contributed by atoms with E-state index in [0.717, 1.165) is 22.3 Å². The first-order valence-electron chi connectivity index (χ1n) is 6.02. The number of halogens is 1. The molecule has 5 heteroatoms. The van der Waals surface area contributed by atoms with E-state index < -0.39 is 0 Å². The van der Waals surface area contributed by atoms with Crippen LogP contribution < -0.4 is 5.32 Å². The average Bonchev–Trinajstić information content (AvgIpc) is 2.85. The van der Waals surface area contributed by atoms with Gasteiger partial charge in [-0.1, -0.05) is 35.9 Å². The Hall–Kier alpha value is -1.91. The first-order valence-corrected chi connectivity index (χ1v) is 6.39. The molecule has 0 saturated heterocycles. The van der Waals surface area contributed by atoms with Gasteiger partial charge in [0.2, 0.25) is 0 Å². The highest BCUT2D eigenvalue weighted by Gasteiger charge is 2.08. The summed E-state index contributed by atoms with van der Waals surface area (Å²) in [5.74, 6) is 0.801. The van der Waals surface area contributed by atoms with Crippen molar-refractivity contribution in [3.05, 3.63) is 53.4 Å². The van der Waals surface area contributed by atoms with Gasteiger partial charge in [-0.2, -0.15) is 5.10 Å². The molecular weight excluding hydrogens is 260 g/mol. The Balaban J connectivity index is 2.25. The summed E-state index contributed by atoms with van der Waals surface area (Å²) in [6, 6.07) is 10.2. The highest BCUT2D eigenvalue weighted by molar-refractivity contribution is 6.30. The predicted octanol–water partition coefficient (Wildman–Crippen LogP) is 2.79. The molecular formula is C14H13ClN4. The van der Waals surface area contributed by atoms with Crippen molar-refractivity contribution in [1.29, 1.82) is 0 Å². The SMILES string of the molecule is CNCc1cc2ccccc2c(-n2cc(Cl)cn2)n1. The van der Waals surface area contributed by atoms with Crippen LogP contribution in [0.25, 0.3) is 16.6 Å². The first kappa shape index (κ1) is 12.1. The summed E-state index contributed by atoms with van der Waals surface area (Å²) in [6.45, 7) is 0.715. The van der Waals surface area contributed by atoms with E-state index in [4.69, 9.17) is 11.6 Å². The second-order valence-electron chi connectivity index (χ2n) is 4.29. The predicted molar refractivity (Wildman–Crippen MR) is 76.6 cm³/mol. The highest BCUT2D eigenvalue weighted by atomic mass is 35.5. The number of hydrogen-bond donors (Lipinski definition) is 1. The van der Waals surface area contributed by atoms with Gasteiger partial charge in [0.15, 0.2) is 5.82 Å². The lowest BCUT2D eigenvalue weighted by Gasteiger charge is -2.09.